The maximum Gasteiger partial charge on any atom is 0.175 e. The minimum atomic E-state index is 0.131. The molecule has 1 fully saturated rings. The van der Waals surface area contributed by atoms with Gasteiger partial charge in [0.05, 0.1) is 11.3 Å². The molecule has 1 aromatic heterocycles. The third-order valence-electron chi connectivity index (χ3n) is 4.09. The Bertz CT molecular complexity index is 514. The van der Waals surface area contributed by atoms with E-state index >= 15 is 0 Å². The zero-order valence-electron chi connectivity index (χ0n) is 13.4. The first kappa shape index (κ1) is 15.6. The van der Waals surface area contributed by atoms with E-state index in [1.54, 1.807) is 0 Å². The quantitative estimate of drug-likeness (QED) is 0.368. The smallest absolute Gasteiger partial charge is 0.175 e. The number of rotatable bonds is 4. The van der Waals surface area contributed by atoms with Gasteiger partial charge < -0.3 is 20.7 Å². The van der Waals surface area contributed by atoms with Crippen LogP contribution in [0.2, 0.25) is 0 Å². The fourth-order valence-corrected chi connectivity index (χ4v) is 3.20. The number of aryl methyl sites for hydroxylation is 2. The van der Waals surface area contributed by atoms with E-state index < -0.39 is 0 Å². The summed E-state index contributed by atoms with van der Waals surface area (Å²) in [6.45, 7) is 4.97. The van der Waals surface area contributed by atoms with E-state index in [-0.39, 0.29) is 5.84 Å². The average molecular weight is 294 g/mol. The summed E-state index contributed by atoms with van der Waals surface area (Å²) in [6, 6.07) is 0. The van der Waals surface area contributed by atoms with Crippen LogP contribution in [0.5, 0.6) is 0 Å². The van der Waals surface area contributed by atoms with Gasteiger partial charge in [0.15, 0.2) is 5.84 Å². The van der Waals surface area contributed by atoms with Crippen LogP contribution in [0.15, 0.2) is 5.16 Å². The van der Waals surface area contributed by atoms with Crippen molar-refractivity contribution in [1.29, 1.82) is 0 Å². The Kier molecular flexibility index (Phi) is 4.72. The van der Waals surface area contributed by atoms with Gasteiger partial charge in [-0.2, -0.15) is 5.10 Å². The SMILES string of the molecule is Cc1nn(C)c(N2CCC(CN(C)C)CC2)c1C(N)=NO. The second-order valence-electron chi connectivity index (χ2n) is 6.09. The van der Waals surface area contributed by atoms with Crippen molar-refractivity contribution in [1.82, 2.24) is 14.7 Å². The summed E-state index contributed by atoms with van der Waals surface area (Å²) >= 11 is 0. The number of aromatic nitrogens is 2. The molecule has 1 aliphatic heterocycles. The molecule has 0 radical (unpaired) electrons. The molecule has 0 aliphatic carbocycles. The average Bonchev–Trinajstić information content (AvgIpc) is 2.73. The molecule has 118 valence electrons. The van der Waals surface area contributed by atoms with E-state index in [0.29, 0.717) is 0 Å². The summed E-state index contributed by atoms with van der Waals surface area (Å²) < 4.78 is 1.83. The van der Waals surface area contributed by atoms with Gasteiger partial charge in [-0.25, -0.2) is 0 Å². The predicted octanol–water partition coefficient (Wildman–Crippen LogP) is 0.601. The van der Waals surface area contributed by atoms with Gasteiger partial charge in [0.2, 0.25) is 0 Å². The molecule has 2 heterocycles. The minimum absolute atomic E-state index is 0.131. The first-order valence-corrected chi connectivity index (χ1v) is 7.35. The number of anilines is 1. The van der Waals surface area contributed by atoms with Crippen LogP contribution in [-0.4, -0.2) is 59.5 Å². The third-order valence-corrected chi connectivity index (χ3v) is 4.09. The van der Waals surface area contributed by atoms with Crippen LogP contribution in [0.4, 0.5) is 5.82 Å². The van der Waals surface area contributed by atoms with Gasteiger partial charge in [0.25, 0.3) is 0 Å². The highest BCUT2D eigenvalue weighted by Gasteiger charge is 2.26. The topological polar surface area (TPSA) is 82.9 Å². The second kappa shape index (κ2) is 6.34. The fraction of sp³-hybridized carbons (Fsp3) is 0.714. The van der Waals surface area contributed by atoms with Gasteiger partial charge in [-0.05, 0) is 39.8 Å². The Labute approximate surface area is 126 Å². The summed E-state index contributed by atoms with van der Waals surface area (Å²) in [5.41, 5.74) is 7.35. The van der Waals surface area contributed by atoms with Crippen molar-refractivity contribution in [3.63, 3.8) is 0 Å². The molecule has 1 aromatic rings. The van der Waals surface area contributed by atoms with Crippen LogP contribution in [0.25, 0.3) is 0 Å². The number of piperidine rings is 1. The fourth-order valence-electron chi connectivity index (χ4n) is 3.20. The molecule has 21 heavy (non-hydrogen) atoms. The first-order valence-electron chi connectivity index (χ1n) is 7.35. The zero-order valence-corrected chi connectivity index (χ0v) is 13.4. The maximum atomic E-state index is 8.99. The summed E-state index contributed by atoms with van der Waals surface area (Å²) in [7, 11) is 6.14. The molecule has 0 amide bonds. The molecule has 0 unspecified atom stereocenters. The van der Waals surface area contributed by atoms with E-state index in [1.165, 1.54) is 0 Å². The summed E-state index contributed by atoms with van der Waals surface area (Å²) in [5, 5.41) is 16.6. The largest absolute Gasteiger partial charge is 0.409 e. The normalized spacial score (nSPS) is 17.8. The van der Waals surface area contributed by atoms with Gasteiger partial charge in [0, 0.05) is 26.7 Å². The molecule has 7 heteroatoms. The number of nitrogens with two attached hydrogens (primary N) is 1. The van der Waals surface area contributed by atoms with E-state index in [0.717, 1.165) is 55.5 Å². The molecular formula is C14H26N6O. The molecule has 2 rings (SSSR count). The lowest BCUT2D eigenvalue weighted by Crippen LogP contribution is -2.39. The molecule has 0 aromatic carbocycles. The molecule has 0 saturated carbocycles. The van der Waals surface area contributed by atoms with Crippen molar-refractivity contribution in [3.05, 3.63) is 11.3 Å². The van der Waals surface area contributed by atoms with Crippen molar-refractivity contribution in [3.8, 4) is 0 Å². The zero-order chi connectivity index (χ0) is 15.6. The monoisotopic (exact) mass is 294 g/mol. The van der Waals surface area contributed by atoms with Crippen molar-refractivity contribution >= 4 is 11.7 Å². The number of nitrogens with zero attached hydrogens (tertiary/aromatic N) is 5. The van der Waals surface area contributed by atoms with Crippen LogP contribution < -0.4 is 10.6 Å². The molecule has 0 atom stereocenters. The van der Waals surface area contributed by atoms with Crippen molar-refractivity contribution in [2.75, 3.05) is 38.6 Å². The van der Waals surface area contributed by atoms with Crippen LogP contribution in [-0.2, 0) is 7.05 Å². The van der Waals surface area contributed by atoms with Crippen LogP contribution in [0.3, 0.4) is 0 Å². The summed E-state index contributed by atoms with van der Waals surface area (Å²) in [4.78, 5) is 4.54. The van der Waals surface area contributed by atoms with E-state index in [4.69, 9.17) is 10.9 Å². The van der Waals surface area contributed by atoms with E-state index in [2.05, 4.69) is 34.1 Å². The maximum absolute atomic E-state index is 8.99. The lowest BCUT2D eigenvalue weighted by molar-refractivity contribution is 0.284. The number of oxime groups is 1. The predicted molar refractivity (Wildman–Crippen MR) is 83.9 cm³/mol. The summed E-state index contributed by atoms with van der Waals surface area (Å²) in [5.74, 6) is 1.81. The van der Waals surface area contributed by atoms with Crippen LogP contribution in [0, 0.1) is 12.8 Å². The van der Waals surface area contributed by atoms with E-state index in [9.17, 15) is 0 Å². The molecule has 0 spiro atoms. The van der Waals surface area contributed by atoms with E-state index in [1.807, 2.05) is 18.7 Å². The number of hydrogen-bond donors (Lipinski definition) is 2. The van der Waals surface area contributed by atoms with Gasteiger partial charge in [-0.1, -0.05) is 5.16 Å². The Balaban J connectivity index is 2.17. The van der Waals surface area contributed by atoms with Crippen LogP contribution >= 0.6 is 0 Å². The van der Waals surface area contributed by atoms with Gasteiger partial charge in [-0.15, -0.1) is 0 Å². The number of hydrogen-bond acceptors (Lipinski definition) is 5. The van der Waals surface area contributed by atoms with Gasteiger partial charge in [-0.3, -0.25) is 4.68 Å². The summed E-state index contributed by atoms with van der Waals surface area (Å²) in [6.07, 6.45) is 2.30. The lowest BCUT2D eigenvalue weighted by Gasteiger charge is -2.34. The molecular weight excluding hydrogens is 268 g/mol. The van der Waals surface area contributed by atoms with Crippen molar-refractivity contribution in [2.45, 2.75) is 19.8 Å². The molecule has 0 bridgehead atoms. The Morgan fingerprint density at radius 3 is 2.57 bits per heavy atom. The minimum Gasteiger partial charge on any atom is -0.409 e. The number of amidine groups is 1. The van der Waals surface area contributed by atoms with Crippen molar-refractivity contribution in [2.24, 2.45) is 23.9 Å². The molecule has 1 aliphatic rings. The van der Waals surface area contributed by atoms with Crippen molar-refractivity contribution < 1.29 is 5.21 Å². The van der Waals surface area contributed by atoms with Gasteiger partial charge >= 0.3 is 0 Å². The lowest BCUT2D eigenvalue weighted by atomic mass is 9.96. The first-order chi connectivity index (χ1) is 9.93. The highest BCUT2D eigenvalue weighted by atomic mass is 16.4. The Hall–Kier alpha value is -1.76. The standard InChI is InChI=1S/C14H26N6O/c1-10-12(13(15)17-21)14(19(4)16-10)20-7-5-11(6-8-20)9-18(2)3/h11,21H,5-9H2,1-4H3,(H2,15,17). The third kappa shape index (κ3) is 3.29. The molecule has 7 nitrogen and oxygen atoms in total. The highest BCUT2D eigenvalue weighted by molar-refractivity contribution is 6.02. The Morgan fingerprint density at radius 2 is 2.05 bits per heavy atom. The Morgan fingerprint density at radius 1 is 1.43 bits per heavy atom. The molecule has 3 N–H and O–H groups in total. The molecule has 1 saturated heterocycles. The highest BCUT2D eigenvalue weighted by Crippen LogP contribution is 2.28. The van der Waals surface area contributed by atoms with Gasteiger partial charge in [0.1, 0.15) is 5.82 Å². The second-order valence-corrected chi connectivity index (χ2v) is 6.09. The van der Waals surface area contributed by atoms with Crippen LogP contribution in [0.1, 0.15) is 24.1 Å².